The third-order valence-electron chi connectivity index (χ3n) is 3.86. The van der Waals surface area contributed by atoms with Crippen LogP contribution in [0.15, 0.2) is 24.3 Å². The number of hydrogen-bond donors (Lipinski definition) is 0. The van der Waals surface area contributed by atoms with Gasteiger partial charge in [-0.3, -0.25) is 4.90 Å². The fourth-order valence-electron chi connectivity index (χ4n) is 2.65. The van der Waals surface area contributed by atoms with E-state index in [1.165, 1.54) is 37.9 Å². The largest absolute Gasteiger partial charge is 0.493 e. The molecule has 19 heavy (non-hydrogen) atoms. The Balaban J connectivity index is 1.49. The molecular weight excluding hydrogens is 238 g/mol. The molecule has 2 saturated heterocycles. The summed E-state index contributed by atoms with van der Waals surface area (Å²) in [7, 11) is 0. The van der Waals surface area contributed by atoms with E-state index in [-0.39, 0.29) is 0 Å². The van der Waals surface area contributed by atoms with Crippen LogP contribution < -0.4 is 4.74 Å². The molecule has 0 bridgehead atoms. The Morgan fingerprint density at radius 3 is 2.84 bits per heavy atom. The van der Waals surface area contributed by atoms with Crippen LogP contribution in [-0.4, -0.2) is 37.3 Å². The van der Waals surface area contributed by atoms with Gasteiger partial charge in [0.25, 0.3) is 0 Å². The van der Waals surface area contributed by atoms with Crippen LogP contribution in [0.2, 0.25) is 0 Å². The molecular formula is C16H23NO2. The van der Waals surface area contributed by atoms with E-state index in [9.17, 15) is 0 Å². The summed E-state index contributed by atoms with van der Waals surface area (Å²) >= 11 is 0. The Kier molecular flexibility index (Phi) is 4.36. The summed E-state index contributed by atoms with van der Waals surface area (Å²) in [5.41, 5.74) is 1.36. The van der Waals surface area contributed by atoms with E-state index in [4.69, 9.17) is 9.47 Å². The summed E-state index contributed by atoms with van der Waals surface area (Å²) in [6.07, 6.45) is 5.55. The zero-order chi connectivity index (χ0) is 12.9. The van der Waals surface area contributed by atoms with Crippen molar-refractivity contribution in [3.63, 3.8) is 0 Å². The molecule has 2 aliphatic rings. The summed E-state index contributed by atoms with van der Waals surface area (Å²) in [5.74, 6) is 0.996. The van der Waals surface area contributed by atoms with Gasteiger partial charge in [-0.2, -0.15) is 0 Å². The smallest absolute Gasteiger partial charge is 0.119 e. The summed E-state index contributed by atoms with van der Waals surface area (Å²) in [6, 6.07) is 8.53. The molecule has 0 spiro atoms. The molecule has 1 atom stereocenters. The standard InChI is InChI=1S/C16H23NO2/c1-2-8-17(9-3-1)12-14-5-4-6-15(11-14)18-10-7-16-13-19-16/h4-6,11,16H,1-3,7-10,12-13H2. The number of nitrogens with zero attached hydrogens (tertiary/aromatic N) is 1. The fraction of sp³-hybridized carbons (Fsp3) is 0.625. The minimum absolute atomic E-state index is 0.455. The van der Waals surface area contributed by atoms with Gasteiger partial charge in [-0.05, 0) is 43.6 Å². The molecule has 1 aromatic rings. The molecule has 104 valence electrons. The molecule has 1 aromatic carbocycles. The van der Waals surface area contributed by atoms with Crippen molar-refractivity contribution in [1.82, 2.24) is 4.90 Å². The zero-order valence-corrected chi connectivity index (χ0v) is 11.5. The van der Waals surface area contributed by atoms with E-state index in [2.05, 4.69) is 23.1 Å². The molecule has 3 rings (SSSR count). The molecule has 2 heterocycles. The van der Waals surface area contributed by atoms with E-state index in [1.807, 2.05) is 6.07 Å². The molecule has 3 nitrogen and oxygen atoms in total. The van der Waals surface area contributed by atoms with Crippen molar-refractivity contribution in [3.8, 4) is 5.75 Å². The Hall–Kier alpha value is -1.06. The van der Waals surface area contributed by atoms with Crippen LogP contribution in [0.4, 0.5) is 0 Å². The van der Waals surface area contributed by atoms with Crippen molar-refractivity contribution in [1.29, 1.82) is 0 Å². The van der Waals surface area contributed by atoms with Crippen LogP contribution in [0, 0.1) is 0 Å². The average Bonchev–Trinajstić information content (AvgIpc) is 3.25. The normalized spacial score (nSPS) is 23.3. The first-order valence-corrected chi connectivity index (χ1v) is 7.46. The van der Waals surface area contributed by atoms with Gasteiger partial charge in [0, 0.05) is 13.0 Å². The number of hydrogen-bond acceptors (Lipinski definition) is 3. The van der Waals surface area contributed by atoms with Crippen molar-refractivity contribution in [2.24, 2.45) is 0 Å². The molecule has 0 N–H and O–H groups in total. The van der Waals surface area contributed by atoms with Gasteiger partial charge in [-0.15, -0.1) is 0 Å². The van der Waals surface area contributed by atoms with Crippen LogP contribution >= 0.6 is 0 Å². The molecule has 2 aliphatic heterocycles. The van der Waals surface area contributed by atoms with Crippen molar-refractivity contribution >= 4 is 0 Å². The lowest BCUT2D eigenvalue weighted by atomic mass is 10.1. The van der Waals surface area contributed by atoms with Gasteiger partial charge >= 0.3 is 0 Å². The highest BCUT2D eigenvalue weighted by Gasteiger charge is 2.21. The minimum Gasteiger partial charge on any atom is -0.493 e. The first-order valence-electron chi connectivity index (χ1n) is 7.46. The van der Waals surface area contributed by atoms with E-state index >= 15 is 0 Å². The lowest BCUT2D eigenvalue weighted by Crippen LogP contribution is -2.29. The highest BCUT2D eigenvalue weighted by Crippen LogP contribution is 2.19. The Labute approximate surface area is 115 Å². The predicted octanol–water partition coefficient (Wildman–Crippen LogP) is 2.84. The number of benzene rings is 1. The Morgan fingerprint density at radius 1 is 1.21 bits per heavy atom. The summed E-state index contributed by atoms with van der Waals surface area (Å²) in [4.78, 5) is 2.54. The van der Waals surface area contributed by atoms with E-state index in [0.29, 0.717) is 6.10 Å². The van der Waals surface area contributed by atoms with Gasteiger partial charge in [0.1, 0.15) is 5.75 Å². The van der Waals surface area contributed by atoms with E-state index in [0.717, 1.165) is 31.9 Å². The molecule has 0 radical (unpaired) electrons. The quantitative estimate of drug-likeness (QED) is 0.736. The molecule has 1 unspecified atom stereocenters. The van der Waals surface area contributed by atoms with E-state index in [1.54, 1.807) is 0 Å². The fourth-order valence-corrected chi connectivity index (χ4v) is 2.65. The van der Waals surface area contributed by atoms with Gasteiger partial charge < -0.3 is 9.47 Å². The van der Waals surface area contributed by atoms with Crippen LogP contribution in [-0.2, 0) is 11.3 Å². The number of ether oxygens (including phenoxy) is 2. The van der Waals surface area contributed by atoms with Gasteiger partial charge in [0.15, 0.2) is 0 Å². The summed E-state index contributed by atoms with van der Waals surface area (Å²) in [5, 5.41) is 0. The molecule has 3 heteroatoms. The maximum Gasteiger partial charge on any atom is 0.119 e. The molecule has 0 aliphatic carbocycles. The van der Waals surface area contributed by atoms with E-state index < -0.39 is 0 Å². The third-order valence-corrected chi connectivity index (χ3v) is 3.86. The predicted molar refractivity (Wildman–Crippen MR) is 75.4 cm³/mol. The zero-order valence-electron chi connectivity index (χ0n) is 11.5. The van der Waals surface area contributed by atoms with Crippen molar-refractivity contribution in [2.45, 2.75) is 38.3 Å². The Bertz CT molecular complexity index is 397. The van der Waals surface area contributed by atoms with Gasteiger partial charge in [-0.1, -0.05) is 18.6 Å². The van der Waals surface area contributed by atoms with Gasteiger partial charge in [-0.25, -0.2) is 0 Å². The minimum atomic E-state index is 0.455. The second-order valence-electron chi connectivity index (χ2n) is 5.58. The molecule has 0 aromatic heterocycles. The van der Waals surface area contributed by atoms with Crippen molar-refractivity contribution in [3.05, 3.63) is 29.8 Å². The SMILES string of the molecule is c1cc(CN2CCCCC2)cc(OCCC2CO2)c1. The number of epoxide rings is 1. The highest BCUT2D eigenvalue weighted by atomic mass is 16.6. The van der Waals surface area contributed by atoms with Gasteiger partial charge in [0.2, 0.25) is 0 Å². The number of piperidine rings is 1. The molecule has 0 amide bonds. The monoisotopic (exact) mass is 261 g/mol. The maximum atomic E-state index is 5.79. The number of likely N-dealkylation sites (tertiary alicyclic amines) is 1. The molecule has 2 fully saturated rings. The van der Waals surface area contributed by atoms with Crippen LogP contribution in [0.3, 0.4) is 0 Å². The van der Waals surface area contributed by atoms with Crippen molar-refractivity contribution in [2.75, 3.05) is 26.3 Å². The Morgan fingerprint density at radius 2 is 2.05 bits per heavy atom. The maximum absolute atomic E-state index is 5.79. The first kappa shape index (κ1) is 12.9. The third kappa shape index (κ3) is 4.22. The molecule has 0 saturated carbocycles. The topological polar surface area (TPSA) is 25.0 Å². The summed E-state index contributed by atoms with van der Waals surface area (Å²) in [6.45, 7) is 5.22. The lowest BCUT2D eigenvalue weighted by molar-refractivity contribution is 0.220. The van der Waals surface area contributed by atoms with Crippen LogP contribution in [0.25, 0.3) is 0 Å². The highest BCUT2D eigenvalue weighted by molar-refractivity contribution is 5.28. The average molecular weight is 261 g/mol. The van der Waals surface area contributed by atoms with Crippen molar-refractivity contribution < 1.29 is 9.47 Å². The summed E-state index contributed by atoms with van der Waals surface area (Å²) < 4.78 is 11.0. The second-order valence-corrected chi connectivity index (χ2v) is 5.58. The van der Waals surface area contributed by atoms with Gasteiger partial charge in [0.05, 0.1) is 19.3 Å². The first-order chi connectivity index (χ1) is 9.40. The van der Waals surface area contributed by atoms with Crippen LogP contribution in [0.5, 0.6) is 5.75 Å². The van der Waals surface area contributed by atoms with Crippen LogP contribution in [0.1, 0.15) is 31.2 Å². The lowest BCUT2D eigenvalue weighted by Gasteiger charge is -2.26. The number of rotatable bonds is 6. The second kappa shape index (κ2) is 6.40.